The van der Waals surface area contributed by atoms with E-state index in [1.165, 1.54) is 6.92 Å². The molecular weight excluding hydrogens is 388 g/mol. The smallest absolute Gasteiger partial charge is 0.254 e. The highest BCUT2D eigenvalue weighted by atomic mass is 79.9. The zero-order valence-electron chi connectivity index (χ0n) is 14.9. The van der Waals surface area contributed by atoms with Crippen LogP contribution in [0.4, 0.5) is 0 Å². The maximum absolute atomic E-state index is 12.9. The standard InChI is InChI=1S/C18H25BrN2O4/c1-4-8-25-17-15(19)9-13(10-16(17)24-3)18(23)21-7-5-6-14(11-21)20-12(2)22/h9-10,14H,4-8,11H2,1-3H3,(H,20,22). The van der Waals surface area contributed by atoms with Gasteiger partial charge >= 0.3 is 0 Å². The second-order valence-corrected chi connectivity index (χ2v) is 6.98. The van der Waals surface area contributed by atoms with Gasteiger partial charge < -0.3 is 19.7 Å². The zero-order chi connectivity index (χ0) is 18.4. The fourth-order valence-corrected chi connectivity index (χ4v) is 3.49. The Labute approximate surface area is 157 Å². The first kappa shape index (κ1) is 19.6. The van der Waals surface area contributed by atoms with E-state index < -0.39 is 0 Å². The van der Waals surface area contributed by atoms with E-state index in [9.17, 15) is 9.59 Å². The van der Waals surface area contributed by atoms with Crippen LogP contribution in [-0.2, 0) is 4.79 Å². The molecule has 1 aromatic rings. The van der Waals surface area contributed by atoms with Gasteiger partial charge in [-0.05, 0) is 47.3 Å². The second kappa shape index (κ2) is 9.08. The lowest BCUT2D eigenvalue weighted by molar-refractivity contribution is -0.120. The summed E-state index contributed by atoms with van der Waals surface area (Å²) in [6, 6.07) is 3.48. The van der Waals surface area contributed by atoms with Crippen LogP contribution in [0.5, 0.6) is 11.5 Å². The molecule has 1 N–H and O–H groups in total. The molecule has 138 valence electrons. The van der Waals surface area contributed by atoms with E-state index in [0.29, 0.717) is 41.2 Å². The molecule has 6 nitrogen and oxygen atoms in total. The Morgan fingerprint density at radius 2 is 2.16 bits per heavy atom. The van der Waals surface area contributed by atoms with Gasteiger partial charge in [-0.2, -0.15) is 0 Å². The van der Waals surface area contributed by atoms with E-state index in [0.717, 1.165) is 19.3 Å². The molecular formula is C18H25BrN2O4. The Balaban J connectivity index is 2.18. The zero-order valence-corrected chi connectivity index (χ0v) is 16.5. The number of hydrogen-bond donors (Lipinski definition) is 1. The van der Waals surface area contributed by atoms with Gasteiger partial charge in [-0.15, -0.1) is 0 Å². The van der Waals surface area contributed by atoms with Crippen molar-refractivity contribution in [1.82, 2.24) is 10.2 Å². The number of ether oxygens (including phenoxy) is 2. The lowest BCUT2D eigenvalue weighted by atomic mass is 10.0. The number of nitrogens with zero attached hydrogens (tertiary/aromatic N) is 1. The van der Waals surface area contributed by atoms with Crippen LogP contribution in [0.25, 0.3) is 0 Å². The number of piperidine rings is 1. The number of carbonyl (C=O) groups is 2. The highest BCUT2D eigenvalue weighted by Gasteiger charge is 2.26. The van der Waals surface area contributed by atoms with Gasteiger partial charge in [-0.3, -0.25) is 9.59 Å². The summed E-state index contributed by atoms with van der Waals surface area (Å²) < 4.78 is 11.8. The van der Waals surface area contributed by atoms with E-state index in [4.69, 9.17) is 9.47 Å². The summed E-state index contributed by atoms with van der Waals surface area (Å²) in [5, 5.41) is 2.90. The van der Waals surface area contributed by atoms with Gasteiger partial charge in [0.05, 0.1) is 18.2 Å². The predicted molar refractivity (Wildman–Crippen MR) is 99.2 cm³/mol. The van der Waals surface area contributed by atoms with E-state index in [1.54, 1.807) is 24.1 Å². The minimum Gasteiger partial charge on any atom is -0.493 e. The average molecular weight is 413 g/mol. The van der Waals surface area contributed by atoms with Crippen molar-refractivity contribution in [1.29, 1.82) is 0 Å². The molecule has 0 spiro atoms. The van der Waals surface area contributed by atoms with Gasteiger partial charge in [0.2, 0.25) is 5.91 Å². The molecule has 2 rings (SSSR count). The van der Waals surface area contributed by atoms with Crippen LogP contribution in [0.1, 0.15) is 43.5 Å². The number of amides is 2. The van der Waals surface area contributed by atoms with Crippen molar-refractivity contribution in [2.24, 2.45) is 0 Å². The molecule has 1 fully saturated rings. The Morgan fingerprint density at radius 3 is 2.80 bits per heavy atom. The van der Waals surface area contributed by atoms with Crippen molar-refractivity contribution in [3.8, 4) is 11.5 Å². The predicted octanol–water partition coefficient (Wildman–Crippen LogP) is 2.99. The Morgan fingerprint density at radius 1 is 1.40 bits per heavy atom. The van der Waals surface area contributed by atoms with Gasteiger partial charge in [-0.1, -0.05) is 6.92 Å². The summed E-state index contributed by atoms with van der Waals surface area (Å²) >= 11 is 3.47. The van der Waals surface area contributed by atoms with E-state index in [-0.39, 0.29) is 17.9 Å². The van der Waals surface area contributed by atoms with Gasteiger partial charge in [-0.25, -0.2) is 0 Å². The molecule has 1 aromatic carbocycles. The van der Waals surface area contributed by atoms with Crippen LogP contribution < -0.4 is 14.8 Å². The number of methoxy groups -OCH3 is 1. The van der Waals surface area contributed by atoms with Crippen molar-refractivity contribution in [3.63, 3.8) is 0 Å². The molecule has 1 saturated heterocycles. The van der Waals surface area contributed by atoms with Gasteiger partial charge in [0.15, 0.2) is 11.5 Å². The third-order valence-corrected chi connectivity index (χ3v) is 4.63. The third kappa shape index (κ3) is 5.11. The average Bonchev–Trinajstić information content (AvgIpc) is 2.59. The molecule has 2 amide bonds. The summed E-state index contributed by atoms with van der Waals surface area (Å²) in [6.07, 6.45) is 2.64. The van der Waals surface area contributed by atoms with Crippen LogP contribution in [0.2, 0.25) is 0 Å². The highest BCUT2D eigenvalue weighted by Crippen LogP contribution is 2.37. The van der Waals surface area contributed by atoms with E-state index in [2.05, 4.69) is 21.2 Å². The molecule has 25 heavy (non-hydrogen) atoms. The maximum atomic E-state index is 12.9. The monoisotopic (exact) mass is 412 g/mol. The minimum absolute atomic E-state index is 0.00713. The van der Waals surface area contributed by atoms with Crippen molar-refractivity contribution < 1.29 is 19.1 Å². The van der Waals surface area contributed by atoms with Crippen LogP contribution in [-0.4, -0.2) is 49.6 Å². The highest BCUT2D eigenvalue weighted by molar-refractivity contribution is 9.10. The summed E-state index contributed by atoms with van der Waals surface area (Å²) in [6.45, 7) is 5.31. The summed E-state index contributed by atoms with van der Waals surface area (Å²) in [5.41, 5.74) is 0.538. The number of hydrogen-bond acceptors (Lipinski definition) is 4. The number of rotatable bonds is 6. The number of halogens is 1. The Bertz CT molecular complexity index is 636. The summed E-state index contributed by atoms with van der Waals surface area (Å²) in [7, 11) is 1.56. The first-order valence-corrected chi connectivity index (χ1v) is 9.32. The molecule has 0 saturated carbocycles. The van der Waals surface area contributed by atoms with Gasteiger partial charge in [0.1, 0.15) is 0 Å². The Hall–Kier alpha value is -1.76. The summed E-state index contributed by atoms with van der Waals surface area (Å²) in [4.78, 5) is 25.9. The van der Waals surface area contributed by atoms with Crippen molar-refractivity contribution in [2.75, 3.05) is 26.8 Å². The lowest BCUT2D eigenvalue weighted by Gasteiger charge is -2.33. The first-order valence-electron chi connectivity index (χ1n) is 8.53. The van der Waals surface area contributed by atoms with Crippen molar-refractivity contribution in [3.05, 3.63) is 22.2 Å². The molecule has 0 aliphatic carbocycles. The number of likely N-dealkylation sites (tertiary alicyclic amines) is 1. The van der Waals surface area contributed by atoms with Crippen LogP contribution in [0.3, 0.4) is 0 Å². The van der Waals surface area contributed by atoms with Crippen LogP contribution in [0.15, 0.2) is 16.6 Å². The molecule has 1 aliphatic rings. The molecule has 1 atom stereocenters. The maximum Gasteiger partial charge on any atom is 0.254 e. The fourth-order valence-electron chi connectivity index (χ4n) is 2.94. The molecule has 1 unspecified atom stereocenters. The topological polar surface area (TPSA) is 67.9 Å². The number of carbonyl (C=O) groups excluding carboxylic acids is 2. The Kier molecular flexibility index (Phi) is 7.11. The largest absolute Gasteiger partial charge is 0.493 e. The van der Waals surface area contributed by atoms with Crippen LogP contribution in [0, 0.1) is 0 Å². The molecule has 0 bridgehead atoms. The molecule has 0 aromatic heterocycles. The number of nitrogens with one attached hydrogen (secondary N) is 1. The molecule has 0 radical (unpaired) electrons. The minimum atomic E-state index is -0.0731. The SMILES string of the molecule is CCCOc1c(Br)cc(C(=O)N2CCCC(NC(C)=O)C2)cc1OC. The van der Waals surface area contributed by atoms with Crippen LogP contribution >= 0.6 is 15.9 Å². The first-order chi connectivity index (χ1) is 12.0. The quantitative estimate of drug-likeness (QED) is 0.779. The third-order valence-electron chi connectivity index (χ3n) is 4.04. The second-order valence-electron chi connectivity index (χ2n) is 6.13. The number of benzene rings is 1. The van der Waals surface area contributed by atoms with Crippen molar-refractivity contribution >= 4 is 27.7 Å². The van der Waals surface area contributed by atoms with Gasteiger partial charge in [0.25, 0.3) is 5.91 Å². The normalized spacial score (nSPS) is 17.1. The van der Waals surface area contributed by atoms with E-state index in [1.807, 2.05) is 6.92 Å². The van der Waals surface area contributed by atoms with Crippen molar-refractivity contribution in [2.45, 2.75) is 39.2 Å². The fraction of sp³-hybridized carbons (Fsp3) is 0.556. The molecule has 1 aliphatic heterocycles. The molecule has 1 heterocycles. The van der Waals surface area contributed by atoms with Gasteiger partial charge in [0, 0.05) is 31.6 Å². The summed E-state index contributed by atoms with van der Waals surface area (Å²) in [5.74, 6) is 0.995. The molecule has 7 heteroatoms. The van der Waals surface area contributed by atoms with E-state index >= 15 is 0 Å². The lowest BCUT2D eigenvalue weighted by Crippen LogP contribution is -2.49.